The third-order valence-corrected chi connectivity index (χ3v) is 3.48. The summed E-state index contributed by atoms with van der Waals surface area (Å²) in [6, 6.07) is 14.4. The molecule has 0 aliphatic rings. The summed E-state index contributed by atoms with van der Waals surface area (Å²) in [5.74, 6) is 0.963. The van der Waals surface area contributed by atoms with Gasteiger partial charge >= 0.3 is 0 Å². The molecular weight excluding hydrogens is 306 g/mol. The number of pyridine rings is 1. The summed E-state index contributed by atoms with van der Waals surface area (Å²) in [4.78, 5) is 4.27. The zero-order valence-corrected chi connectivity index (χ0v) is 11.7. The Morgan fingerprint density at radius 2 is 1.81 bits per heavy atom. The second-order valence-corrected chi connectivity index (χ2v) is 4.99. The normalized spacial score (nSPS) is 9.56. The molecule has 1 aromatic carbocycles. The quantitative estimate of drug-likeness (QED) is 0.770. The maximum Gasteiger partial charge on any atom is 0.0963 e. The summed E-state index contributed by atoms with van der Waals surface area (Å²) in [6.07, 6.45) is 1.82. The molecule has 16 heavy (non-hydrogen) atoms. The molecule has 1 nitrogen and oxygen atoms in total. The first kappa shape index (κ1) is 13.6. The number of benzene rings is 1. The molecule has 84 valence electrons. The molecule has 0 atom stereocenters. The van der Waals surface area contributed by atoms with Crippen LogP contribution in [0.15, 0.2) is 58.2 Å². The van der Waals surface area contributed by atoms with Crippen molar-refractivity contribution in [3.8, 4) is 0 Å². The third-order valence-electron chi connectivity index (χ3n) is 1.94. The van der Waals surface area contributed by atoms with Gasteiger partial charge < -0.3 is 0 Å². The van der Waals surface area contributed by atoms with Crippen molar-refractivity contribution in [2.24, 2.45) is 0 Å². The largest absolute Gasteiger partial charge is 0.250 e. The van der Waals surface area contributed by atoms with Crippen molar-refractivity contribution in [1.29, 1.82) is 0 Å². The van der Waals surface area contributed by atoms with Crippen molar-refractivity contribution in [1.82, 2.24) is 4.98 Å². The fourth-order valence-corrected chi connectivity index (χ4v) is 2.25. The highest BCUT2D eigenvalue weighted by Crippen LogP contribution is 2.21. The van der Waals surface area contributed by atoms with Gasteiger partial charge in [-0.2, -0.15) is 0 Å². The summed E-state index contributed by atoms with van der Waals surface area (Å²) in [6.45, 7) is 0. The Balaban J connectivity index is 0.00000128. The Morgan fingerprint density at radius 1 is 1.06 bits per heavy atom. The van der Waals surface area contributed by atoms with E-state index in [2.05, 4.69) is 45.2 Å². The van der Waals surface area contributed by atoms with Gasteiger partial charge in [0.25, 0.3) is 0 Å². The van der Waals surface area contributed by atoms with E-state index in [1.54, 1.807) is 11.8 Å². The van der Waals surface area contributed by atoms with Gasteiger partial charge in [-0.3, -0.25) is 0 Å². The van der Waals surface area contributed by atoms with Crippen LogP contribution in [0.3, 0.4) is 0 Å². The van der Waals surface area contributed by atoms with Gasteiger partial charge in [-0.25, -0.2) is 4.98 Å². The number of hydrogen-bond donors (Lipinski definition) is 0. The van der Waals surface area contributed by atoms with E-state index in [-0.39, 0.29) is 12.4 Å². The number of aromatic nitrogens is 1. The SMILES string of the molecule is Brc1ccc(CSc2ccccn2)cc1.Cl. The van der Waals surface area contributed by atoms with E-state index in [4.69, 9.17) is 0 Å². The first-order chi connectivity index (χ1) is 7.34. The second-order valence-electron chi connectivity index (χ2n) is 3.08. The Morgan fingerprint density at radius 3 is 2.44 bits per heavy atom. The molecule has 0 spiro atoms. The van der Waals surface area contributed by atoms with E-state index in [1.807, 2.05) is 24.4 Å². The lowest BCUT2D eigenvalue weighted by atomic mass is 10.2. The molecule has 4 heteroatoms. The number of halogens is 2. The lowest BCUT2D eigenvalue weighted by Gasteiger charge is -2.00. The van der Waals surface area contributed by atoms with Crippen LogP contribution in [0.2, 0.25) is 0 Å². The molecule has 0 unspecified atom stereocenters. The van der Waals surface area contributed by atoms with Crippen molar-refractivity contribution in [3.05, 3.63) is 58.7 Å². The van der Waals surface area contributed by atoms with E-state index in [9.17, 15) is 0 Å². The predicted molar refractivity (Wildman–Crippen MR) is 75.2 cm³/mol. The molecule has 0 radical (unpaired) electrons. The van der Waals surface area contributed by atoms with Crippen LogP contribution >= 0.6 is 40.1 Å². The van der Waals surface area contributed by atoms with Crippen molar-refractivity contribution >= 4 is 40.1 Å². The van der Waals surface area contributed by atoms with Crippen LogP contribution in [-0.2, 0) is 5.75 Å². The minimum absolute atomic E-state index is 0. The first-order valence-electron chi connectivity index (χ1n) is 4.63. The molecule has 1 heterocycles. The maximum absolute atomic E-state index is 4.27. The Hall–Kier alpha value is -0.510. The number of rotatable bonds is 3. The van der Waals surface area contributed by atoms with Crippen LogP contribution in [0, 0.1) is 0 Å². The average molecular weight is 317 g/mol. The summed E-state index contributed by atoms with van der Waals surface area (Å²) in [5, 5.41) is 1.07. The Bertz CT molecular complexity index is 419. The smallest absolute Gasteiger partial charge is 0.0963 e. The van der Waals surface area contributed by atoms with Gasteiger partial charge in [0.05, 0.1) is 5.03 Å². The molecule has 0 aliphatic carbocycles. The van der Waals surface area contributed by atoms with Crippen molar-refractivity contribution in [2.45, 2.75) is 10.8 Å². The van der Waals surface area contributed by atoms with Gasteiger partial charge in [0.2, 0.25) is 0 Å². The highest BCUT2D eigenvalue weighted by molar-refractivity contribution is 9.10. The molecule has 0 saturated carbocycles. The van der Waals surface area contributed by atoms with E-state index < -0.39 is 0 Å². The van der Waals surface area contributed by atoms with Crippen LogP contribution in [0.5, 0.6) is 0 Å². The van der Waals surface area contributed by atoms with Crippen LogP contribution in [-0.4, -0.2) is 4.98 Å². The molecule has 0 aliphatic heterocycles. The topological polar surface area (TPSA) is 12.9 Å². The molecule has 0 bridgehead atoms. The monoisotopic (exact) mass is 315 g/mol. The van der Waals surface area contributed by atoms with E-state index in [0.717, 1.165) is 15.3 Å². The maximum atomic E-state index is 4.27. The lowest BCUT2D eigenvalue weighted by molar-refractivity contribution is 1.13. The Labute approximate surface area is 114 Å². The van der Waals surface area contributed by atoms with Gasteiger partial charge in [0.15, 0.2) is 0 Å². The molecule has 2 aromatic rings. The highest BCUT2D eigenvalue weighted by atomic mass is 79.9. The summed E-state index contributed by atoms with van der Waals surface area (Å²) in [7, 11) is 0. The minimum atomic E-state index is 0. The number of thioether (sulfide) groups is 1. The summed E-state index contributed by atoms with van der Waals surface area (Å²) in [5.41, 5.74) is 1.31. The third kappa shape index (κ3) is 4.16. The van der Waals surface area contributed by atoms with Crippen LogP contribution in [0.25, 0.3) is 0 Å². The molecular formula is C12H11BrClNS. The molecule has 0 amide bonds. The van der Waals surface area contributed by atoms with Crippen molar-refractivity contribution in [2.75, 3.05) is 0 Å². The fourth-order valence-electron chi connectivity index (χ4n) is 1.17. The standard InChI is InChI=1S/C12H10BrNS.ClH/c13-11-6-4-10(5-7-11)9-15-12-3-1-2-8-14-12;/h1-8H,9H2;1H. The zero-order valence-electron chi connectivity index (χ0n) is 8.47. The second kappa shape index (κ2) is 6.94. The summed E-state index contributed by atoms with van der Waals surface area (Å²) >= 11 is 5.18. The molecule has 1 aromatic heterocycles. The predicted octanol–water partition coefficient (Wildman–Crippen LogP) is 4.56. The molecule has 0 saturated heterocycles. The van der Waals surface area contributed by atoms with Crippen LogP contribution in [0.4, 0.5) is 0 Å². The van der Waals surface area contributed by atoms with Gasteiger partial charge in [-0.15, -0.1) is 24.2 Å². The van der Waals surface area contributed by atoms with Gasteiger partial charge in [0, 0.05) is 16.4 Å². The van der Waals surface area contributed by atoms with E-state index >= 15 is 0 Å². The lowest BCUT2D eigenvalue weighted by Crippen LogP contribution is -1.81. The minimum Gasteiger partial charge on any atom is -0.250 e. The number of nitrogens with zero attached hydrogens (tertiary/aromatic N) is 1. The van der Waals surface area contributed by atoms with Crippen LogP contribution < -0.4 is 0 Å². The average Bonchev–Trinajstić information content (AvgIpc) is 2.30. The van der Waals surface area contributed by atoms with E-state index in [0.29, 0.717) is 0 Å². The molecule has 2 rings (SSSR count). The highest BCUT2D eigenvalue weighted by Gasteiger charge is 1.96. The molecule has 0 fully saturated rings. The first-order valence-corrected chi connectivity index (χ1v) is 6.41. The molecule has 0 N–H and O–H groups in total. The fraction of sp³-hybridized carbons (Fsp3) is 0.0833. The zero-order chi connectivity index (χ0) is 10.5. The summed E-state index contributed by atoms with van der Waals surface area (Å²) < 4.78 is 1.12. The van der Waals surface area contributed by atoms with Crippen molar-refractivity contribution < 1.29 is 0 Å². The number of hydrogen-bond acceptors (Lipinski definition) is 2. The van der Waals surface area contributed by atoms with Crippen molar-refractivity contribution in [3.63, 3.8) is 0 Å². The van der Waals surface area contributed by atoms with Gasteiger partial charge in [0.1, 0.15) is 0 Å². The Kier molecular flexibility index (Phi) is 5.88. The van der Waals surface area contributed by atoms with Gasteiger partial charge in [-0.05, 0) is 29.8 Å². The van der Waals surface area contributed by atoms with Crippen LogP contribution in [0.1, 0.15) is 5.56 Å². The van der Waals surface area contributed by atoms with E-state index in [1.165, 1.54) is 5.56 Å². The van der Waals surface area contributed by atoms with Gasteiger partial charge in [-0.1, -0.05) is 34.1 Å².